The molecular formula is C12H15F3N2O3S. The standard InChI is InChI=1S/C12H15F3N2O3S/c13-10-7-9(1-2-11(10)20-12(14)15)21(18,19)17-5-3-8(16)4-6-17/h1-2,7-8,12H,3-6,16H2. The van der Waals surface area contributed by atoms with Crippen molar-refractivity contribution in [3.05, 3.63) is 24.0 Å². The van der Waals surface area contributed by atoms with Crippen LogP contribution in [0.1, 0.15) is 12.8 Å². The third-order valence-electron chi connectivity index (χ3n) is 3.26. The minimum absolute atomic E-state index is 0.0463. The minimum atomic E-state index is -3.86. The number of nitrogens with two attached hydrogens (primary N) is 1. The molecule has 0 amide bonds. The number of alkyl halides is 2. The Morgan fingerprint density at radius 2 is 1.90 bits per heavy atom. The molecule has 1 fully saturated rings. The lowest BCUT2D eigenvalue weighted by molar-refractivity contribution is -0.0522. The first kappa shape index (κ1) is 16.1. The van der Waals surface area contributed by atoms with Crippen molar-refractivity contribution >= 4 is 10.0 Å². The molecule has 1 aliphatic heterocycles. The molecule has 0 radical (unpaired) electrons. The Balaban J connectivity index is 2.22. The van der Waals surface area contributed by atoms with Gasteiger partial charge in [0.1, 0.15) is 0 Å². The average molecular weight is 324 g/mol. The van der Waals surface area contributed by atoms with E-state index in [1.165, 1.54) is 4.31 Å². The van der Waals surface area contributed by atoms with Gasteiger partial charge in [0.15, 0.2) is 11.6 Å². The summed E-state index contributed by atoms with van der Waals surface area (Å²) in [4.78, 5) is -0.294. The number of hydrogen-bond donors (Lipinski definition) is 1. The smallest absolute Gasteiger partial charge is 0.387 e. The third kappa shape index (κ3) is 3.66. The molecule has 1 aromatic rings. The molecule has 2 N–H and O–H groups in total. The van der Waals surface area contributed by atoms with Gasteiger partial charge in [-0.15, -0.1) is 0 Å². The van der Waals surface area contributed by atoms with Crippen LogP contribution in [-0.2, 0) is 10.0 Å². The molecule has 21 heavy (non-hydrogen) atoms. The Hall–Kier alpha value is -1.32. The monoisotopic (exact) mass is 324 g/mol. The number of sulfonamides is 1. The van der Waals surface area contributed by atoms with Crippen LogP contribution in [0.5, 0.6) is 5.75 Å². The third-order valence-corrected chi connectivity index (χ3v) is 5.15. The van der Waals surface area contributed by atoms with E-state index in [9.17, 15) is 21.6 Å². The molecule has 9 heteroatoms. The van der Waals surface area contributed by atoms with E-state index in [0.717, 1.165) is 12.1 Å². The van der Waals surface area contributed by atoms with Gasteiger partial charge in [-0.1, -0.05) is 0 Å². The van der Waals surface area contributed by atoms with Crippen LogP contribution < -0.4 is 10.5 Å². The van der Waals surface area contributed by atoms with Crippen molar-refractivity contribution in [1.82, 2.24) is 4.31 Å². The molecule has 0 aliphatic carbocycles. The molecule has 1 aromatic carbocycles. The first-order valence-corrected chi connectivity index (χ1v) is 7.75. The van der Waals surface area contributed by atoms with Crippen LogP contribution in [0.2, 0.25) is 0 Å². The molecule has 5 nitrogen and oxygen atoms in total. The molecule has 0 spiro atoms. The highest BCUT2D eigenvalue weighted by molar-refractivity contribution is 7.89. The second kappa shape index (κ2) is 6.20. The van der Waals surface area contributed by atoms with Gasteiger partial charge in [0, 0.05) is 19.1 Å². The first-order chi connectivity index (χ1) is 9.80. The summed E-state index contributed by atoms with van der Waals surface area (Å²) in [5.74, 6) is -1.84. The Bertz CT molecular complexity index is 602. The zero-order valence-corrected chi connectivity index (χ0v) is 11.8. The summed E-state index contributed by atoms with van der Waals surface area (Å²) in [6.45, 7) is -2.67. The highest BCUT2D eigenvalue weighted by Crippen LogP contribution is 2.26. The molecule has 1 aliphatic rings. The Morgan fingerprint density at radius 3 is 2.43 bits per heavy atom. The van der Waals surface area contributed by atoms with E-state index in [1.54, 1.807) is 0 Å². The summed E-state index contributed by atoms with van der Waals surface area (Å²) < 4.78 is 67.4. The molecule has 0 atom stereocenters. The number of ether oxygens (including phenoxy) is 1. The van der Waals surface area contributed by atoms with E-state index < -0.39 is 28.2 Å². The van der Waals surface area contributed by atoms with E-state index in [4.69, 9.17) is 5.73 Å². The summed E-state index contributed by atoms with van der Waals surface area (Å²) >= 11 is 0. The number of benzene rings is 1. The lowest BCUT2D eigenvalue weighted by Crippen LogP contribution is -2.42. The van der Waals surface area contributed by atoms with Gasteiger partial charge in [0.2, 0.25) is 10.0 Å². The maximum atomic E-state index is 13.6. The zero-order valence-electron chi connectivity index (χ0n) is 11.0. The van der Waals surface area contributed by atoms with Gasteiger partial charge < -0.3 is 10.5 Å². The van der Waals surface area contributed by atoms with Crippen LogP contribution >= 0.6 is 0 Å². The molecule has 1 saturated heterocycles. The maximum absolute atomic E-state index is 13.6. The summed E-state index contributed by atoms with van der Waals surface area (Å²) in [5.41, 5.74) is 5.70. The quantitative estimate of drug-likeness (QED) is 0.912. The normalized spacial score (nSPS) is 18.1. The second-order valence-corrected chi connectivity index (χ2v) is 6.65. The minimum Gasteiger partial charge on any atom is -0.432 e. The van der Waals surface area contributed by atoms with E-state index in [2.05, 4.69) is 4.74 Å². The van der Waals surface area contributed by atoms with Crippen molar-refractivity contribution in [3.8, 4) is 5.75 Å². The molecule has 118 valence electrons. The van der Waals surface area contributed by atoms with E-state index in [-0.39, 0.29) is 24.0 Å². The fourth-order valence-electron chi connectivity index (χ4n) is 2.10. The van der Waals surface area contributed by atoms with Gasteiger partial charge in [-0.25, -0.2) is 12.8 Å². The molecular weight excluding hydrogens is 309 g/mol. The molecule has 1 heterocycles. The van der Waals surface area contributed by atoms with Crippen molar-refractivity contribution in [2.24, 2.45) is 5.73 Å². The van der Waals surface area contributed by atoms with Gasteiger partial charge in [-0.05, 0) is 31.0 Å². The van der Waals surface area contributed by atoms with Gasteiger partial charge in [0.25, 0.3) is 0 Å². The Morgan fingerprint density at radius 1 is 1.29 bits per heavy atom. The molecule has 0 saturated carbocycles. The number of nitrogens with zero attached hydrogens (tertiary/aromatic N) is 1. The highest BCUT2D eigenvalue weighted by Gasteiger charge is 2.29. The van der Waals surface area contributed by atoms with Crippen molar-refractivity contribution in [2.75, 3.05) is 13.1 Å². The van der Waals surface area contributed by atoms with Crippen LogP contribution in [0.4, 0.5) is 13.2 Å². The molecule has 2 rings (SSSR count). The average Bonchev–Trinajstić information content (AvgIpc) is 2.41. The van der Waals surface area contributed by atoms with Crippen molar-refractivity contribution < 1.29 is 26.3 Å². The number of piperidine rings is 1. The van der Waals surface area contributed by atoms with Crippen LogP contribution in [0.25, 0.3) is 0 Å². The van der Waals surface area contributed by atoms with Crippen LogP contribution in [0.15, 0.2) is 23.1 Å². The zero-order chi connectivity index (χ0) is 15.6. The van der Waals surface area contributed by atoms with E-state index in [1.807, 2.05) is 0 Å². The highest BCUT2D eigenvalue weighted by atomic mass is 32.2. The molecule has 0 unspecified atom stereocenters. The first-order valence-electron chi connectivity index (χ1n) is 6.31. The fourth-order valence-corrected chi connectivity index (χ4v) is 3.58. The van der Waals surface area contributed by atoms with Crippen molar-refractivity contribution in [1.29, 1.82) is 0 Å². The molecule has 0 bridgehead atoms. The van der Waals surface area contributed by atoms with Gasteiger partial charge in [0.05, 0.1) is 4.90 Å². The van der Waals surface area contributed by atoms with Gasteiger partial charge in [-0.2, -0.15) is 13.1 Å². The summed E-state index contributed by atoms with van der Waals surface area (Å²) in [7, 11) is -3.86. The van der Waals surface area contributed by atoms with E-state index >= 15 is 0 Å². The van der Waals surface area contributed by atoms with Crippen molar-refractivity contribution in [2.45, 2.75) is 30.4 Å². The van der Waals surface area contributed by atoms with Crippen LogP contribution in [0, 0.1) is 5.82 Å². The second-order valence-electron chi connectivity index (χ2n) is 4.71. The lowest BCUT2D eigenvalue weighted by atomic mass is 10.1. The van der Waals surface area contributed by atoms with E-state index in [0.29, 0.717) is 18.9 Å². The maximum Gasteiger partial charge on any atom is 0.387 e. The summed E-state index contributed by atoms with van der Waals surface area (Å²) in [6, 6.07) is 2.56. The number of hydrogen-bond acceptors (Lipinski definition) is 4. The number of halogens is 3. The Kier molecular flexibility index (Phi) is 4.74. The topological polar surface area (TPSA) is 72.6 Å². The lowest BCUT2D eigenvalue weighted by Gasteiger charge is -2.29. The predicted octanol–water partition coefficient (Wildman–Crippen LogP) is 1.54. The van der Waals surface area contributed by atoms with Gasteiger partial charge in [-0.3, -0.25) is 0 Å². The van der Waals surface area contributed by atoms with Crippen LogP contribution in [0.3, 0.4) is 0 Å². The largest absolute Gasteiger partial charge is 0.432 e. The van der Waals surface area contributed by atoms with Crippen molar-refractivity contribution in [3.63, 3.8) is 0 Å². The number of rotatable bonds is 4. The van der Waals surface area contributed by atoms with Gasteiger partial charge >= 0.3 is 6.61 Å². The summed E-state index contributed by atoms with van der Waals surface area (Å²) in [6.07, 6.45) is 1.04. The predicted molar refractivity (Wildman–Crippen MR) is 69.0 cm³/mol. The fraction of sp³-hybridized carbons (Fsp3) is 0.500. The SMILES string of the molecule is NC1CCN(S(=O)(=O)c2ccc(OC(F)F)c(F)c2)CC1. The molecule has 0 aromatic heterocycles. The summed E-state index contributed by atoms with van der Waals surface area (Å²) in [5, 5.41) is 0. The van der Waals surface area contributed by atoms with Crippen LogP contribution in [-0.4, -0.2) is 38.5 Å². The Labute approximate surface area is 120 Å².